The van der Waals surface area contributed by atoms with Crippen molar-refractivity contribution in [3.8, 4) is 0 Å². The predicted octanol–water partition coefficient (Wildman–Crippen LogP) is 4.28. The summed E-state index contributed by atoms with van der Waals surface area (Å²) in [5, 5.41) is 8.33. The standard InChI is InChI=1S/C28H29N3O5/c32-26(29-22-13-15-23(16-14-22)30-27(33)25-12-7-17-35-25)24(18-20-8-3-1-4-9-20)31-28(34)36-19-21-10-5-2-6-11-21/h1-6,8-11,13-16,24-25H,7,12,17-19H2,(H,29,32)(H,30,33)(H,31,34). The van der Waals surface area contributed by atoms with E-state index in [-0.39, 0.29) is 18.4 Å². The fraction of sp³-hybridized carbons (Fsp3) is 0.250. The Morgan fingerprint density at radius 3 is 2.06 bits per heavy atom. The SMILES string of the molecule is O=C(NC(Cc1ccccc1)C(=O)Nc1ccc(NC(=O)C2CCCO2)cc1)OCc1ccccc1. The van der Waals surface area contributed by atoms with Crippen LogP contribution in [0.3, 0.4) is 0 Å². The van der Waals surface area contributed by atoms with Gasteiger partial charge in [0.25, 0.3) is 5.91 Å². The van der Waals surface area contributed by atoms with E-state index in [4.69, 9.17) is 9.47 Å². The summed E-state index contributed by atoms with van der Waals surface area (Å²) in [6, 6.07) is 24.7. The summed E-state index contributed by atoms with van der Waals surface area (Å²) in [7, 11) is 0. The Morgan fingerprint density at radius 1 is 0.833 bits per heavy atom. The lowest BCUT2D eigenvalue weighted by Crippen LogP contribution is -2.45. The number of anilines is 2. The average molecular weight is 488 g/mol. The van der Waals surface area contributed by atoms with Crippen molar-refractivity contribution in [2.24, 2.45) is 0 Å². The number of nitrogens with one attached hydrogen (secondary N) is 3. The van der Waals surface area contributed by atoms with E-state index in [2.05, 4.69) is 16.0 Å². The van der Waals surface area contributed by atoms with Gasteiger partial charge in [0.2, 0.25) is 5.91 Å². The predicted molar refractivity (Wildman–Crippen MR) is 136 cm³/mol. The van der Waals surface area contributed by atoms with Gasteiger partial charge in [-0.25, -0.2) is 4.79 Å². The van der Waals surface area contributed by atoms with Crippen LogP contribution >= 0.6 is 0 Å². The lowest BCUT2D eigenvalue weighted by molar-refractivity contribution is -0.124. The maximum Gasteiger partial charge on any atom is 0.408 e. The summed E-state index contributed by atoms with van der Waals surface area (Å²) in [5.41, 5.74) is 2.89. The Morgan fingerprint density at radius 2 is 1.44 bits per heavy atom. The Balaban J connectivity index is 1.36. The lowest BCUT2D eigenvalue weighted by atomic mass is 10.1. The van der Waals surface area contributed by atoms with E-state index in [1.165, 1.54) is 0 Å². The Labute approximate surface area is 210 Å². The van der Waals surface area contributed by atoms with Crippen molar-refractivity contribution >= 4 is 29.3 Å². The van der Waals surface area contributed by atoms with Gasteiger partial charge in [0.05, 0.1) is 0 Å². The number of carbonyl (C=O) groups excluding carboxylic acids is 3. The van der Waals surface area contributed by atoms with Crippen LogP contribution in [0.15, 0.2) is 84.9 Å². The number of hydrogen-bond acceptors (Lipinski definition) is 5. The maximum atomic E-state index is 13.1. The molecule has 2 atom stereocenters. The number of amides is 3. The molecule has 1 heterocycles. The second-order valence-electron chi connectivity index (χ2n) is 8.51. The van der Waals surface area contributed by atoms with Crippen LogP contribution in [0.25, 0.3) is 0 Å². The Hall–Kier alpha value is -4.17. The minimum Gasteiger partial charge on any atom is -0.445 e. The van der Waals surface area contributed by atoms with Gasteiger partial charge in [0.15, 0.2) is 0 Å². The topological polar surface area (TPSA) is 106 Å². The van der Waals surface area contributed by atoms with E-state index in [1.54, 1.807) is 24.3 Å². The molecule has 0 radical (unpaired) electrons. The fourth-order valence-electron chi connectivity index (χ4n) is 3.84. The summed E-state index contributed by atoms with van der Waals surface area (Å²) in [6.45, 7) is 0.701. The van der Waals surface area contributed by atoms with Crippen LogP contribution in [0.2, 0.25) is 0 Å². The lowest BCUT2D eigenvalue weighted by Gasteiger charge is -2.19. The van der Waals surface area contributed by atoms with E-state index in [0.29, 0.717) is 30.8 Å². The molecule has 1 fully saturated rings. The third kappa shape index (κ3) is 7.41. The van der Waals surface area contributed by atoms with Crippen LogP contribution in [0.4, 0.5) is 16.2 Å². The Kier molecular flexibility index (Phi) is 8.67. The highest BCUT2D eigenvalue weighted by Gasteiger charge is 2.24. The zero-order chi connectivity index (χ0) is 25.2. The first-order valence-electron chi connectivity index (χ1n) is 11.9. The highest BCUT2D eigenvalue weighted by atomic mass is 16.5. The molecule has 1 aliphatic rings. The molecule has 3 N–H and O–H groups in total. The van der Waals surface area contributed by atoms with Crippen LogP contribution in [-0.2, 0) is 32.1 Å². The third-order valence-electron chi connectivity index (χ3n) is 5.75. The molecule has 0 aromatic heterocycles. The molecule has 8 nitrogen and oxygen atoms in total. The number of ether oxygens (including phenoxy) is 2. The summed E-state index contributed by atoms with van der Waals surface area (Å²) in [4.78, 5) is 37.8. The average Bonchev–Trinajstić information content (AvgIpc) is 3.45. The number of hydrogen-bond donors (Lipinski definition) is 3. The first-order valence-corrected chi connectivity index (χ1v) is 11.9. The van der Waals surface area contributed by atoms with E-state index in [9.17, 15) is 14.4 Å². The second kappa shape index (κ2) is 12.5. The molecular weight excluding hydrogens is 458 g/mol. The molecule has 186 valence electrons. The van der Waals surface area contributed by atoms with Crippen molar-refractivity contribution in [3.05, 3.63) is 96.1 Å². The van der Waals surface area contributed by atoms with Crippen LogP contribution in [0, 0.1) is 0 Å². The Bertz CT molecular complexity index is 1150. The molecule has 8 heteroatoms. The molecule has 3 aromatic rings. The van der Waals surface area contributed by atoms with Crippen molar-refractivity contribution < 1.29 is 23.9 Å². The van der Waals surface area contributed by atoms with Crippen LogP contribution in [-0.4, -0.2) is 36.7 Å². The van der Waals surface area contributed by atoms with Gasteiger partial charge in [0.1, 0.15) is 18.8 Å². The van der Waals surface area contributed by atoms with E-state index >= 15 is 0 Å². The van der Waals surface area contributed by atoms with Crippen molar-refractivity contribution in [2.45, 2.75) is 38.0 Å². The van der Waals surface area contributed by atoms with Gasteiger partial charge in [0, 0.05) is 24.4 Å². The number of alkyl carbamates (subject to hydrolysis) is 1. The summed E-state index contributed by atoms with van der Waals surface area (Å²) in [5.74, 6) is -0.558. The highest BCUT2D eigenvalue weighted by molar-refractivity contribution is 5.97. The van der Waals surface area contributed by atoms with Crippen molar-refractivity contribution in [2.75, 3.05) is 17.2 Å². The fourth-order valence-corrected chi connectivity index (χ4v) is 3.84. The summed E-state index contributed by atoms with van der Waals surface area (Å²) >= 11 is 0. The van der Waals surface area contributed by atoms with Gasteiger partial charge in [-0.05, 0) is 48.2 Å². The number of benzene rings is 3. The van der Waals surface area contributed by atoms with Gasteiger partial charge >= 0.3 is 6.09 Å². The first kappa shape index (κ1) is 24.9. The number of rotatable bonds is 9. The quantitative estimate of drug-likeness (QED) is 0.418. The van der Waals surface area contributed by atoms with Gasteiger partial charge in [-0.1, -0.05) is 60.7 Å². The molecule has 0 spiro atoms. The van der Waals surface area contributed by atoms with Gasteiger partial charge in [-0.2, -0.15) is 0 Å². The number of carbonyl (C=O) groups is 3. The van der Waals surface area contributed by atoms with Gasteiger partial charge in [-0.3, -0.25) is 9.59 Å². The van der Waals surface area contributed by atoms with Gasteiger partial charge in [-0.15, -0.1) is 0 Å². The van der Waals surface area contributed by atoms with E-state index in [0.717, 1.165) is 17.5 Å². The van der Waals surface area contributed by atoms with Crippen LogP contribution < -0.4 is 16.0 Å². The second-order valence-corrected chi connectivity index (χ2v) is 8.51. The molecular formula is C28H29N3O5. The molecule has 1 saturated heterocycles. The van der Waals surface area contributed by atoms with Crippen molar-refractivity contribution in [1.82, 2.24) is 5.32 Å². The molecule has 3 amide bonds. The first-order chi connectivity index (χ1) is 17.6. The molecule has 0 saturated carbocycles. The minimum atomic E-state index is -0.852. The largest absolute Gasteiger partial charge is 0.445 e. The molecule has 0 aliphatic carbocycles. The highest BCUT2D eigenvalue weighted by Crippen LogP contribution is 2.18. The monoisotopic (exact) mass is 487 g/mol. The van der Waals surface area contributed by atoms with E-state index < -0.39 is 18.2 Å². The molecule has 0 bridgehead atoms. The van der Waals surface area contributed by atoms with Crippen LogP contribution in [0.1, 0.15) is 24.0 Å². The summed E-state index contributed by atoms with van der Waals surface area (Å²) in [6.07, 6.45) is 0.783. The summed E-state index contributed by atoms with van der Waals surface area (Å²) < 4.78 is 10.7. The van der Waals surface area contributed by atoms with Crippen molar-refractivity contribution in [1.29, 1.82) is 0 Å². The zero-order valence-electron chi connectivity index (χ0n) is 19.8. The van der Waals surface area contributed by atoms with E-state index in [1.807, 2.05) is 60.7 Å². The molecule has 3 aromatic carbocycles. The van der Waals surface area contributed by atoms with Crippen molar-refractivity contribution in [3.63, 3.8) is 0 Å². The minimum absolute atomic E-state index is 0.103. The van der Waals surface area contributed by atoms with Crippen LogP contribution in [0.5, 0.6) is 0 Å². The molecule has 2 unspecified atom stereocenters. The zero-order valence-corrected chi connectivity index (χ0v) is 19.8. The smallest absolute Gasteiger partial charge is 0.408 e. The molecule has 1 aliphatic heterocycles. The maximum absolute atomic E-state index is 13.1. The molecule has 4 rings (SSSR count). The van der Waals surface area contributed by atoms with Gasteiger partial charge < -0.3 is 25.4 Å². The third-order valence-corrected chi connectivity index (χ3v) is 5.75. The molecule has 36 heavy (non-hydrogen) atoms. The normalized spacial score (nSPS) is 15.5.